The number of carbonyl (C=O) groups excluding carboxylic acids is 2. The summed E-state index contributed by atoms with van der Waals surface area (Å²) in [4.78, 5) is 24.1. The molecule has 22 heavy (non-hydrogen) atoms. The molecule has 0 bridgehead atoms. The van der Waals surface area contributed by atoms with Crippen molar-refractivity contribution in [3.63, 3.8) is 0 Å². The fourth-order valence-electron chi connectivity index (χ4n) is 2.23. The Morgan fingerprint density at radius 2 is 1.73 bits per heavy atom. The van der Waals surface area contributed by atoms with E-state index in [-0.39, 0.29) is 11.8 Å². The minimum absolute atomic E-state index is 0.241. The second-order valence-electron chi connectivity index (χ2n) is 4.91. The highest BCUT2D eigenvalue weighted by Crippen LogP contribution is 2.22. The topological polar surface area (TPSA) is 49.4 Å². The molecule has 2 aromatic carbocycles. The zero-order valence-electron chi connectivity index (χ0n) is 11.6. The summed E-state index contributed by atoms with van der Waals surface area (Å²) in [6.45, 7) is 0.332. The van der Waals surface area contributed by atoms with Gasteiger partial charge in [-0.15, -0.1) is 0 Å². The van der Waals surface area contributed by atoms with E-state index >= 15 is 0 Å². The van der Waals surface area contributed by atoms with Gasteiger partial charge < -0.3 is 0 Å². The van der Waals surface area contributed by atoms with Gasteiger partial charge in [-0.2, -0.15) is 0 Å². The molecule has 2 aromatic rings. The molecule has 110 valence electrons. The van der Waals surface area contributed by atoms with E-state index in [4.69, 9.17) is 11.6 Å². The summed E-state index contributed by atoms with van der Waals surface area (Å²) < 4.78 is 0. The van der Waals surface area contributed by atoms with Gasteiger partial charge in [0.1, 0.15) is 0 Å². The van der Waals surface area contributed by atoms with Gasteiger partial charge in [-0.05, 0) is 35.4 Å². The minimum atomic E-state index is -0.306. The number of carbonyl (C=O) groups is 2. The molecular formula is C17H13ClN2O2. The summed E-state index contributed by atoms with van der Waals surface area (Å²) >= 11 is 5.86. The van der Waals surface area contributed by atoms with Crippen LogP contribution < -0.4 is 5.43 Å². The van der Waals surface area contributed by atoms with Gasteiger partial charge in [0.05, 0.1) is 6.54 Å². The Morgan fingerprint density at radius 1 is 1.05 bits per heavy atom. The third kappa shape index (κ3) is 3.02. The SMILES string of the molecule is O=C(NN1CC(c2ccc(Cl)cc2)=CC1=O)c1ccccc1. The first-order chi connectivity index (χ1) is 10.6. The van der Waals surface area contributed by atoms with Gasteiger partial charge in [-0.1, -0.05) is 41.9 Å². The highest BCUT2D eigenvalue weighted by atomic mass is 35.5. The molecule has 1 aliphatic rings. The number of hydrogen-bond donors (Lipinski definition) is 1. The van der Waals surface area contributed by atoms with Crippen molar-refractivity contribution in [3.8, 4) is 0 Å². The molecule has 0 aliphatic carbocycles. The zero-order chi connectivity index (χ0) is 15.5. The van der Waals surface area contributed by atoms with Crippen LogP contribution in [0.3, 0.4) is 0 Å². The smallest absolute Gasteiger partial charge is 0.268 e. The van der Waals surface area contributed by atoms with Crippen LogP contribution in [0.4, 0.5) is 0 Å². The summed E-state index contributed by atoms with van der Waals surface area (Å²) in [6, 6.07) is 16.0. The lowest BCUT2D eigenvalue weighted by Crippen LogP contribution is -2.43. The van der Waals surface area contributed by atoms with Crippen LogP contribution >= 0.6 is 11.6 Å². The molecule has 0 saturated heterocycles. The Bertz CT molecular complexity index is 739. The van der Waals surface area contributed by atoms with E-state index in [9.17, 15) is 9.59 Å². The van der Waals surface area contributed by atoms with Crippen molar-refractivity contribution in [2.75, 3.05) is 6.54 Å². The molecule has 0 atom stereocenters. The van der Waals surface area contributed by atoms with Gasteiger partial charge in [0.2, 0.25) is 0 Å². The lowest BCUT2D eigenvalue weighted by atomic mass is 10.1. The summed E-state index contributed by atoms with van der Waals surface area (Å²) in [6.07, 6.45) is 1.52. The molecular weight excluding hydrogens is 300 g/mol. The first-order valence-corrected chi connectivity index (χ1v) is 7.15. The average Bonchev–Trinajstić information content (AvgIpc) is 2.90. The number of amides is 2. The quantitative estimate of drug-likeness (QED) is 0.947. The van der Waals surface area contributed by atoms with Gasteiger partial charge in [-0.3, -0.25) is 15.0 Å². The van der Waals surface area contributed by atoms with E-state index in [1.807, 2.05) is 18.2 Å². The second kappa shape index (κ2) is 6.03. The number of nitrogens with one attached hydrogen (secondary N) is 1. The molecule has 5 heteroatoms. The first kappa shape index (κ1) is 14.4. The third-order valence-electron chi connectivity index (χ3n) is 3.38. The normalized spacial score (nSPS) is 14.0. The molecule has 0 spiro atoms. The average molecular weight is 313 g/mol. The molecule has 4 nitrogen and oxygen atoms in total. The zero-order valence-corrected chi connectivity index (χ0v) is 12.4. The Morgan fingerprint density at radius 3 is 2.41 bits per heavy atom. The second-order valence-corrected chi connectivity index (χ2v) is 5.34. The van der Waals surface area contributed by atoms with Gasteiger partial charge in [0, 0.05) is 16.7 Å². The number of nitrogens with zero attached hydrogens (tertiary/aromatic N) is 1. The van der Waals surface area contributed by atoms with E-state index in [1.54, 1.807) is 36.4 Å². The van der Waals surface area contributed by atoms with Crippen molar-refractivity contribution in [3.05, 3.63) is 76.8 Å². The van der Waals surface area contributed by atoms with E-state index < -0.39 is 0 Å². The van der Waals surface area contributed by atoms with Crippen LogP contribution in [0.1, 0.15) is 15.9 Å². The maximum atomic E-state index is 12.1. The Hall–Kier alpha value is -2.59. The summed E-state index contributed by atoms with van der Waals surface area (Å²) in [7, 11) is 0. The third-order valence-corrected chi connectivity index (χ3v) is 3.63. The summed E-state index contributed by atoms with van der Waals surface area (Å²) in [5.41, 5.74) is 4.89. The largest absolute Gasteiger partial charge is 0.269 e. The van der Waals surface area contributed by atoms with Gasteiger partial charge in [-0.25, -0.2) is 5.01 Å². The molecule has 0 radical (unpaired) electrons. The Kier molecular flexibility index (Phi) is 3.94. The summed E-state index contributed by atoms with van der Waals surface area (Å²) in [5.74, 6) is -0.547. The molecule has 0 saturated carbocycles. The van der Waals surface area contributed by atoms with Crippen LogP contribution in [0, 0.1) is 0 Å². The van der Waals surface area contributed by atoms with Crippen molar-refractivity contribution >= 4 is 29.0 Å². The molecule has 0 unspecified atom stereocenters. The standard InChI is InChI=1S/C17H13ClN2O2/c18-15-8-6-12(7-9-15)14-10-16(21)20(11-14)19-17(22)13-4-2-1-3-5-13/h1-10H,11H2,(H,19,22). The van der Waals surface area contributed by atoms with Crippen LogP contribution in [0.25, 0.3) is 5.57 Å². The lowest BCUT2D eigenvalue weighted by molar-refractivity contribution is -0.126. The van der Waals surface area contributed by atoms with E-state index in [2.05, 4.69) is 5.43 Å². The summed E-state index contributed by atoms with van der Waals surface area (Å²) in [5, 5.41) is 1.95. The Labute approximate surface area is 133 Å². The van der Waals surface area contributed by atoms with Gasteiger partial charge in [0.25, 0.3) is 11.8 Å². The number of halogens is 1. The molecule has 1 N–H and O–H groups in total. The molecule has 2 amide bonds. The predicted molar refractivity (Wildman–Crippen MR) is 85.1 cm³/mol. The van der Waals surface area contributed by atoms with Crippen molar-refractivity contribution in [1.29, 1.82) is 0 Å². The maximum absolute atomic E-state index is 12.1. The molecule has 0 fully saturated rings. The van der Waals surface area contributed by atoms with Crippen molar-refractivity contribution < 1.29 is 9.59 Å². The van der Waals surface area contributed by atoms with Crippen LogP contribution in [-0.2, 0) is 4.79 Å². The van der Waals surface area contributed by atoms with Gasteiger partial charge in [0.15, 0.2) is 0 Å². The fourth-order valence-corrected chi connectivity index (χ4v) is 2.36. The highest BCUT2D eigenvalue weighted by molar-refractivity contribution is 6.30. The Balaban J connectivity index is 1.70. The maximum Gasteiger partial charge on any atom is 0.269 e. The minimum Gasteiger partial charge on any atom is -0.268 e. The molecule has 0 aromatic heterocycles. The van der Waals surface area contributed by atoms with Crippen LogP contribution in [0.5, 0.6) is 0 Å². The lowest BCUT2D eigenvalue weighted by Gasteiger charge is -2.17. The number of benzene rings is 2. The monoisotopic (exact) mass is 312 g/mol. The van der Waals surface area contributed by atoms with E-state index in [0.29, 0.717) is 17.1 Å². The first-order valence-electron chi connectivity index (χ1n) is 6.77. The van der Waals surface area contributed by atoms with Crippen LogP contribution in [0.15, 0.2) is 60.7 Å². The van der Waals surface area contributed by atoms with E-state index in [0.717, 1.165) is 11.1 Å². The number of hydrazine groups is 1. The van der Waals surface area contributed by atoms with Crippen molar-refractivity contribution in [1.82, 2.24) is 10.4 Å². The molecule has 1 heterocycles. The predicted octanol–water partition coefficient (Wildman–Crippen LogP) is 2.91. The van der Waals surface area contributed by atoms with E-state index in [1.165, 1.54) is 11.1 Å². The van der Waals surface area contributed by atoms with Crippen LogP contribution in [-0.4, -0.2) is 23.4 Å². The number of rotatable bonds is 3. The van der Waals surface area contributed by atoms with Crippen LogP contribution in [0.2, 0.25) is 5.02 Å². The fraction of sp³-hybridized carbons (Fsp3) is 0.0588. The van der Waals surface area contributed by atoms with Gasteiger partial charge >= 0.3 is 0 Å². The highest BCUT2D eigenvalue weighted by Gasteiger charge is 2.24. The number of hydrogen-bond acceptors (Lipinski definition) is 2. The van der Waals surface area contributed by atoms with Crippen molar-refractivity contribution in [2.24, 2.45) is 0 Å². The van der Waals surface area contributed by atoms with Crippen molar-refractivity contribution in [2.45, 2.75) is 0 Å². The molecule has 3 rings (SSSR count). The molecule has 1 aliphatic heterocycles.